The van der Waals surface area contributed by atoms with Gasteiger partial charge in [0, 0.05) is 25.8 Å². The van der Waals surface area contributed by atoms with E-state index in [1.165, 1.54) is 12.8 Å². The molecule has 0 bridgehead atoms. The molecule has 2 aliphatic rings. The molecule has 24 heavy (non-hydrogen) atoms. The maximum absolute atomic E-state index is 11.7. The quantitative estimate of drug-likeness (QED) is 0.448. The number of unbranched alkanes of at least 4 members (excludes halogenated alkanes) is 3. The molecule has 0 aromatic heterocycles. The summed E-state index contributed by atoms with van der Waals surface area (Å²) < 4.78 is 5.61. The lowest BCUT2D eigenvalue weighted by Gasteiger charge is -2.06. The van der Waals surface area contributed by atoms with Crippen LogP contribution in [0.2, 0.25) is 0 Å². The fourth-order valence-corrected chi connectivity index (χ4v) is 3.63. The summed E-state index contributed by atoms with van der Waals surface area (Å²) in [6.45, 7) is 1.54. The van der Waals surface area contributed by atoms with Crippen molar-refractivity contribution in [1.29, 1.82) is 0 Å². The van der Waals surface area contributed by atoms with Gasteiger partial charge in [-0.25, -0.2) is 0 Å². The Labute approximate surface area is 145 Å². The molecule has 2 atom stereocenters. The van der Waals surface area contributed by atoms with Gasteiger partial charge in [0.15, 0.2) is 0 Å². The molecule has 0 spiro atoms. The average Bonchev–Trinajstić information content (AvgIpc) is 3.15. The van der Waals surface area contributed by atoms with Crippen LogP contribution >= 0.6 is 0 Å². The van der Waals surface area contributed by atoms with Gasteiger partial charge in [0.1, 0.15) is 6.61 Å². The van der Waals surface area contributed by atoms with Gasteiger partial charge in [-0.1, -0.05) is 12.8 Å². The summed E-state index contributed by atoms with van der Waals surface area (Å²) >= 11 is 0. The number of carbonyl (C=O) groups excluding carboxylic acids is 2. The number of rotatable bonds is 11. The SMILES string of the molecule is NC(=O)CCCCCCNC(=O)COCC1C2CCC#CCCC21. The third-order valence-corrected chi connectivity index (χ3v) is 5.05. The molecule has 5 heteroatoms. The molecule has 0 saturated heterocycles. The summed E-state index contributed by atoms with van der Waals surface area (Å²) in [5.41, 5.74) is 5.08. The number of ether oxygens (including phenoxy) is 1. The number of nitrogens with two attached hydrogens (primary N) is 1. The molecule has 1 fully saturated rings. The molecule has 3 N–H and O–H groups in total. The number of amides is 2. The van der Waals surface area contributed by atoms with Crippen LogP contribution in [0, 0.1) is 29.6 Å². The minimum atomic E-state index is -0.241. The van der Waals surface area contributed by atoms with Crippen molar-refractivity contribution in [3.8, 4) is 11.8 Å². The number of hydrogen-bond acceptors (Lipinski definition) is 3. The number of hydrogen-bond donors (Lipinski definition) is 2. The molecule has 2 rings (SSSR count). The molecule has 0 aromatic rings. The van der Waals surface area contributed by atoms with Crippen LogP contribution in [-0.2, 0) is 14.3 Å². The zero-order chi connectivity index (χ0) is 17.2. The first-order chi connectivity index (χ1) is 11.7. The van der Waals surface area contributed by atoms with Gasteiger partial charge in [-0.2, -0.15) is 0 Å². The molecular weight excluding hydrogens is 304 g/mol. The van der Waals surface area contributed by atoms with Crippen molar-refractivity contribution in [2.24, 2.45) is 23.5 Å². The van der Waals surface area contributed by atoms with Crippen LogP contribution in [0.3, 0.4) is 0 Å². The van der Waals surface area contributed by atoms with Crippen LogP contribution < -0.4 is 11.1 Å². The first kappa shape index (κ1) is 18.8. The van der Waals surface area contributed by atoms with Crippen LogP contribution in [0.25, 0.3) is 0 Å². The zero-order valence-corrected chi connectivity index (χ0v) is 14.5. The summed E-state index contributed by atoms with van der Waals surface area (Å²) in [6, 6.07) is 0. The van der Waals surface area contributed by atoms with Crippen molar-refractivity contribution in [3.63, 3.8) is 0 Å². The first-order valence-corrected chi connectivity index (χ1v) is 9.27. The highest BCUT2D eigenvalue weighted by molar-refractivity contribution is 5.77. The summed E-state index contributed by atoms with van der Waals surface area (Å²) in [5.74, 6) is 8.30. The van der Waals surface area contributed by atoms with Gasteiger partial charge >= 0.3 is 0 Å². The second-order valence-corrected chi connectivity index (χ2v) is 6.92. The minimum Gasteiger partial charge on any atom is -0.371 e. The highest BCUT2D eigenvalue weighted by Gasteiger charge is 2.48. The Morgan fingerprint density at radius 2 is 1.71 bits per heavy atom. The Morgan fingerprint density at radius 1 is 1.04 bits per heavy atom. The normalized spacial score (nSPS) is 24.8. The van der Waals surface area contributed by atoms with E-state index in [-0.39, 0.29) is 18.4 Å². The molecule has 0 aromatic carbocycles. The number of fused-ring (bicyclic) bond motifs is 1. The molecule has 0 heterocycles. The van der Waals surface area contributed by atoms with Crippen molar-refractivity contribution >= 4 is 11.8 Å². The second kappa shape index (κ2) is 10.4. The summed E-state index contributed by atoms with van der Waals surface area (Å²) in [5, 5.41) is 2.88. The Bertz CT molecular complexity index is 463. The molecule has 5 nitrogen and oxygen atoms in total. The topological polar surface area (TPSA) is 81.4 Å². The highest BCUT2D eigenvalue weighted by atomic mass is 16.5. The maximum Gasteiger partial charge on any atom is 0.245 e. The lowest BCUT2D eigenvalue weighted by Crippen LogP contribution is -2.28. The van der Waals surface area contributed by atoms with Crippen LogP contribution in [0.4, 0.5) is 0 Å². The monoisotopic (exact) mass is 334 g/mol. The van der Waals surface area contributed by atoms with Crippen molar-refractivity contribution < 1.29 is 14.3 Å². The highest BCUT2D eigenvalue weighted by Crippen LogP contribution is 2.52. The van der Waals surface area contributed by atoms with Crippen LogP contribution in [-0.4, -0.2) is 31.6 Å². The summed E-state index contributed by atoms with van der Waals surface area (Å²) in [4.78, 5) is 22.3. The fraction of sp³-hybridized carbons (Fsp3) is 0.789. The van der Waals surface area contributed by atoms with Gasteiger partial charge in [0.2, 0.25) is 11.8 Å². The number of nitrogens with one attached hydrogen (secondary N) is 1. The Hall–Kier alpha value is -1.54. The molecule has 2 aliphatic carbocycles. The lowest BCUT2D eigenvalue weighted by atomic mass is 10.1. The van der Waals surface area contributed by atoms with E-state index in [4.69, 9.17) is 10.5 Å². The van der Waals surface area contributed by atoms with Crippen LogP contribution in [0.1, 0.15) is 57.8 Å². The molecular formula is C19H30N2O3. The predicted molar refractivity (Wildman–Crippen MR) is 92.8 cm³/mol. The zero-order valence-electron chi connectivity index (χ0n) is 14.5. The molecule has 0 aliphatic heterocycles. The van der Waals surface area contributed by atoms with E-state index < -0.39 is 0 Å². The largest absolute Gasteiger partial charge is 0.371 e. The van der Waals surface area contributed by atoms with Crippen LogP contribution in [0.5, 0.6) is 0 Å². The molecule has 0 radical (unpaired) electrons. The fourth-order valence-electron chi connectivity index (χ4n) is 3.63. The molecule has 1 saturated carbocycles. The van der Waals surface area contributed by atoms with E-state index in [1.54, 1.807) is 0 Å². The number of carbonyl (C=O) groups is 2. The van der Waals surface area contributed by atoms with Gasteiger partial charge in [-0.05, 0) is 43.4 Å². The molecule has 2 unspecified atom stereocenters. The van der Waals surface area contributed by atoms with Gasteiger partial charge in [0.05, 0.1) is 6.61 Å². The predicted octanol–water partition coefficient (Wildman–Crippen LogP) is 1.99. The smallest absolute Gasteiger partial charge is 0.245 e. The van der Waals surface area contributed by atoms with Crippen molar-refractivity contribution in [3.05, 3.63) is 0 Å². The van der Waals surface area contributed by atoms with Gasteiger partial charge < -0.3 is 15.8 Å². The number of primary amides is 1. The van der Waals surface area contributed by atoms with E-state index in [1.807, 2.05) is 0 Å². The van der Waals surface area contributed by atoms with Gasteiger partial charge in [-0.15, -0.1) is 11.8 Å². The third kappa shape index (κ3) is 6.92. The maximum atomic E-state index is 11.7. The van der Waals surface area contributed by atoms with E-state index >= 15 is 0 Å². The van der Waals surface area contributed by atoms with Crippen molar-refractivity contribution in [2.75, 3.05) is 19.8 Å². The Kier molecular flexibility index (Phi) is 8.11. The van der Waals surface area contributed by atoms with E-state index in [2.05, 4.69) is 17.2 Å². The Balaban J connectivity index is 1.43. The minimum absolute atomic E-state index is 0.0338. The van der Waals surface area contributed by atoms with Crippen molar-refractivity contribution in [2.45, 2.75) is 57.8 Å². The van der Waals surface area contributed by atoms with E-state index in [0.717, 1.165) is 50.4 Å². The second-order valence-electron chi connectivity index (χ2n) is 6.92. The molecule has 2 amide bonds. The van der Waals surface area contributed by atoms with Crippen LogP contribution in [0.15, 0.2) is 0 Å². The third-order valence-electron chi connectivity index (χ3n) is 5.05. The molecule has 134 valence electrons. The van der Waals surface area contributed by atoms with E-state index in [0.29, 0.717) is 25.5 Å². The Morgan fingerprint density at radius 3 is 2.38 bits per heavy atom. The standard InChI is InChI=1S/C19H30N2O3/c20-18(22)11-7-3-4-8-12-21-19(23)14-24-13-17-15-9-5-1-2-6-10-16(15)17/h15-17H,3-14H2,(H2,20,22)(H,21,23). The first-order valence-electron chi connectivity index (χ1n) is 9.27. The average molecular weight is 334 g/mol. The lowest BCUT2D eigenvalue weighted by molar-refractivity contribution is -0.125. The van der Waals surface area contributed by atoms with Gasteiger partial charge in [-0.3, -0.25) is 9.59 Å². The summed E-state index contributed by atoms with van der Waals surface area (Å²) in [6.07, 6.45) is 8.59. The van der Waals surface area contributed by atoms with E-state index in [9.17, 15) is 9.59 Å². The van der Waals surface area contributed by atoms with Gasteiger partial charge in [0.25, 0.3) is 0 Å². The summed E-state index contributed by atoms with van der Waals surface area (Å²) in [7, 11) is 0. The van der Waals surface area contributed by atoms with Crippen molar-refractivity contribution in [1.82, 2.24) is 5.32 Å².